The maximum absolute atomic E-state index is 12.6. The van der Waals surface area contributed by atoms with Crippen LogP contribution in [0.5, 0.6) is 0 Å². The van der Waals surface area contributed by atoms with E-state index in [0.717, 1.165) is 0 Å². The van der Waals surface area contributed by atoms with Crippen LogP contribution >= 0.6 is 0 Å². The molecule has 116 valence electrons. The molecule has 0 aromatic carbocycles. The summed E-state index contributed by atoms with van der Waals surface area (Å²) in [5, 5.41) is 2.74. The average Bonchev–Trinajstić information content (AvgIpc) is 2.36. The Morgan fingerprint density at radius 1 is 1.15 bits per heavy atom. The molecule has 1 aliphatic heterocycles. The van der Waals surface area contributed by atoms with Crippen molar-refractivity contribution in [1.29, 1.82) is 0 Å². The first-order valence-corrected chi connectivity index (χ1v) is 8.67. The van der Waals surface area contributed by atoms with Crippen LogP contribution in [0.4, 0.5) is 0 Å². The van der Waals surface area contributed by atoms with Crippen molar-refractivity contribution < 1.29 is 18.0 Å². The maximum Gasteiger partial charge on any atom is 0.248 e. The number of nitrogens with one attached hydrogen (secondary N) is 1. The fourth-order valence-electron chi connectivity index (χ4n) is 2.13. The summed E-state index contributed by atoms with van der Waals surface area (Å²) in [6.07, 6.45) is 0.463. The first-order valence-electron chi connectivity index (χ1n) is 6.85. The second kappa shape index (κ2) is 5.35. The molecule has 2 amide bonds. The summed E-state index contributed by atoms with van der Waals surface area (Å²) in [4.78, 5) is 26.1. The number of carbonyl (C=O) groups is 2. The van der Waals surface area contributed by atoms with Crippen molar-refractivity contribution in [3.8, 4) is 0 Å². The van der Waals surface area contributed by atoms with Crippen molar-refractivity contribution in [3.05, 3.63) is 0 Å². The molecule has 1 N–H and O–H groups in total. The maximum atomic E-state index is 12.6. The predicted octanol–water partition coefficient (Wildman–Crippen LogP) is 0.327. The zero-order valence-electron chi connectivity index (χ0n) is 12.8. The number of nitrogens with zero attached hydrogens (tertiary/aromatic N) is 1. The fourth-order valence-corrected chi connectivity index (χ4v) is 2.88. The highest BCUT2D eigenvalue weighted by Gasteiger charge is 2.51. The third-order valence-electron chi connectivity index (χ3n) is 4.11. The zero-order chi connectivity index (χ0) is 15.8. The molecule has 0 bridgehead atoms. The minimum absolute atomic E-state index is 0.0344. The molecule has 1 unspecified atom stereocenters. The summed E-state index contributed by atoms with van der Waals surface area (Å²) in [6, 6.07) is 0. The van der Waals surface area contributed by atoms with Crippen molar-refractivity contribution in [2.45, 2.75) is 52.1 Å². The zero-order valence-corrected chi connectivity index (χ0v) is 13.6. The number of sulfone groups is 1. The van der Waals surface area contributed by atoms with Gasteiger partial charge in [0, 0.05) is 12.3 Å². The lowest BCUT2D eigenvalue weighted by Crippen LogP contribution is -2.73. The molecule has 6 nitrogen and oxygen atoms in total. The van der Waals surface area contributed by atoms with E-state index in [1.54, 1.807) is 27.7 Å². The van der Waals surface area contributed by atoms with E-state index in [1.807, 2.05) is 6.92 Å². The molecule has 0 spiro atoms. The van der Waals surface area contributed by atoms with Crippen molar-refractivity contribution in [2.24, 2.45) is 0 Å². The molecule has 7 heteroatoms. The van der Waals surface area contributed by atoms with Crippen LogP contribution in [0.3, 0.4) is 0 Å². The summed E-state index contributed by atoms with van der Waals surface area (Å²) >= 11 is 0. The highest BCUT2D eigenvalue weighted by atomic mass is 32.2. The molecule has 0 saturated carbocycles. The normalized spacial score (nSPS) is 26.6. The van der Waals surface area contributed by atoms with Crippen LogP contribution < -0.4 is 5.32 Å². The lowest BCUT2D eigenvalue weighted by Gasteiger charge is -2.48. The van der Waals surface area contributed by atoms with Crippen molar-refractivity contribution >= 4 is 21.7 Å². The van der Waals surface area contributed by atoms with Gasteiger partial charge < -0.3 is 10.2 Å². The minimum atomic E-state index is -3.18. The minimum Gasteiger partial charge on any atom is -0.340 e. The summed E-state index contributed by atoms with van der Waals surface area (Å²) in [5.74, 6) is -0.565. The Labute approximate surface area is 120 Å². The summed E-state index contributed by atoms with van der Waals surface area (Å²) < 4.78 is 23.3. The van der Waals surface area contributed by atoms with Crippen molar-refractivity contribution in [1.82, 2.24) is 10.2 Å². The highest BCUT2D eigenvalue weighted by molar-refractivity contribution is 7.91. The van der Waals surface area contributed by atoms with Gasteiger partial charge in [-0.25, -0.2) is 8.42 Å². The highest BCUT2D eigenvalue weighted by Crippen LogP contribution is 2.27. The molecular weight excluding hydrogens is 280 g/mol. The predicted molar refractivity (Wildman–Crippen MR) is 77.0 cm³/mol. The van der Waals surface area contributed by atoms with Crippen LogP contribution in [0.25, 0.3) is 0 Å². The molecule has 1 heterocycles. The van der Waals surface area contributed by atoms with Crippen LogP contribution in [0, 0.1) is 0 Å². The molecule has 1 rings (SSSR count). The Kier molecular flexibility index (Phi) is 4.53. The summed E-state index contributed by atoms with van der Waals surface area (Å²) in [7, 11) is -3.18. The molecule has 1 aliphatic rings. The van der Waals surface area contributed by atoms with E-state index in [9.17, 15) is 18.0 Å². The van der Waals surface area contributed by atoms with Crippen LogP contribution in [-0.2, 0) is 19.4 Å². The van der Waals surface area contributed by atoms with E-state index in [1.165, 1.54) is 4.90 Å². The molecule has 20 heavy (non-hydrogen) atoms. The second-order valence-corrected chi connectivity index (χ2v) is 8.36. The van der Waals surface area contributed by atoms with Crippen molar-refractivity contribution in [2.75, 3.05) is 18.1 Å². The van der Waals surface area contributed by atoms with Gasteiger partial charge in [0.15, 0.2) is 9.84 Å². The number of hydrogen-bond acceptors (Lipinski definition) is 4. The topological polar surface area (TPSA) is 83.6 Å². The monoisotopic (exact) mass is 304 g/mol. The summed E-state index contributed by atoms with van der Waals surface area (Å²) in [5.41, 5.74) is -1.99. The summed E-state index contributed by atoms with van der Waals surface area (Å²) in [6.45, 7) is 8.37. The van der Waals surface area contributed by atoms with Gasteiger partial charge in [0.05, 0.1) is 5.75 Å². The smallest absolute Gasteiger partial charge is 0.248 e. The van der Waals surface area contributed by atoms with Gasteiger partial charge in [0.25, 0.3) is 0 Å². The van der Waals surface area contributed by atoms with Gasteiger partial charge >= 0.3 is 0 Å². The number of carbonyl (C=O) groups excluding carboxylic acids is 2. The third-order valence-corrected chi connectivity index (χ3v) is 5.79. The molecule has 0 radical (unpaired) electrons. The number of hydrogen-bond donors (Lipinski definition) is 1. The van der Waals surface area contributed by atoms with E-state index in [4.69, 9.17) is 0 Å². The van der Waals surface area contributed by atoms with Gasteiger partial charge in [-0.2, -0.15) is 0 Å². The van der Waals surface area contributed by atoms with E-state index in [2.05, 4.69) is 5.32 Å². The number of amides is 2. The number of piperazine rings is 1. The van der Waals surface area contributed by atoms with Gasteiger partial charge in [0.2, 0.25) is 11.8 Å². The Morgan fingerprint density at radius 2 is 1.70 bits per heavy atom. The van der Waals surface area contributed by atoms with E-state index in [0.29, 0.717) is 6.42 Å². The van der Waals surface area contributed by atoms with Gasteiger partial charge in [-0.1, -0.05) is 13.8 Å². The molecule has 0 aromatic rings. The molecule has 0 aromatic heterocycles. The first-order chi connectivity index (χ1) is 9.00. The van der Waals surface area contributed by atoms with Crippen LogP contribution in [0.15, 0.2) is 0 Å². The standard InChI is InChI=1S/C13H24N2O4S/c1-6-13(5)11(17)15(8-9-20(18,19)7-2)12(3,4)10(16)14-13/h6-9H2,1-5H3,(H,14,16). The van der Waals surface area contributed by atoms with E-state index < -0.39 is 20.9 Å². The average molecular weight is 304 g/mol. The van der Waals surface area contributed by atoms with Gasteiger partial charge in [-0.3, -0.25) is 9.59 Å². The quantitative estimate of drug-likeness (QED) is 0.793. The van der Waals surface area contributed by atoms with Crippen molar-refractivity contribution in [3.63, 3.8) is 0 Å². The Balaban J connectivity index is 3.05. The lowest BCUT2D eigenvalue weighted by atomic mass is 9.87. The fraction of sp³-hybridized carbons (Fsp3) is 0.846. The lowest BCUT2D eigenvalue weighted by molar-refractivity contribution is -0.160. The Morgan fingerprint density at radius 3 is 2.15 bits per heavy atom. The van der Waals surface area contributed by atoms with Gasteiger partial charge in [0.1, 0.15) is 11.1 Å². The molecular formula is C13H24N2O4S. The number of rotatable bonds is 5. The SMILES string of the molecule is CCC1(C)NC(=O)C(C)(C)N(CCS(=O)(=O)CC)C1=O. The second-order valence-electron chi connectivity index (χ2n) is 5.89. The van der Waals surface area contributed by atoms with Crippen LogP contribution in [-0.4, -0.2) is 54.3 Å². The molecule has 1 atom stereocenters. The van der Waals surface area contributed by atoms with Gasteiger partial charge in [-0.05, 0) is 27.2 Å². The Bertz CT molecular complexity index is 512. The Hall–Kier alpha value is -1.11. The van der Waals surface area contributed by atoms with Crippen LogP contribution in [0.2, 0.25) is 0 Å². The molecule has 0 aliphatic carbocycles. The molecule has 1 fully saturated rings. The largest absolute Gasteiger partial charge is 0.340 e. The van der Waals surface area contributed by atoms with Gasteiger partial charge in [-0.15, -0.1) is 0 Å². The van der Waals surface area contributed by atoms with E-state index >= 15 is 0 Å². The molecule has 1 saturated heterocycles. The van der Waals surface area contributed by atoms with Crippen LogP contribution in [0.1, 0.15) is 41.0 Å². The van der Waals surface area contributed by atoms with E-state index in [-0.39, 0.29) is 29.9 Å². The first kappa shape index (κ1) is 16.9. The third kappa shape index (κ3) is 2.97.